The summed E-state index contributed by atoms with van der Waals surface area (Å²) in [7, 11) is 0. The fourth-order valence-corrected chi connectivity index (χ4v) is 3.36. The van der Waals surface area contributed by atoms with Crippen LogP contribution in [0.25, 0.3) is 0 Å². The standard InChI is InChI=1S/C24H31N5O2.HI/c1-5-30-20-12-13-23(31-6-2)22(14-20)27-24(25)26-15-21-17(3)28-29(18(21)4)16-19-10-8-7-9-11-19;/h7-14H,5-6,15-16H2,1-4H3,(H3,25,26,27);1H. The van der Waals surface area contributed by atoms with Gasteiger partial charge in [-0.1, -0.05) is 30.3 Å². The van der Waals surface area contributed by atoms with Gasteiger partial charge in [0, 0.05) is 17.3 Å². The number of hydrogen-bond donors (Lipinski definition) is 2. The second kappa shape index (κ2) is 12.3. The molecule has 0 aliphatic rings. The number of benzene rings is 2. The van der Waals surface area contributed by atoms with Crippen molar-refractivity contribution in [3.63, 3.8) is 0 Å². The van der Waals surface area contributed by atoms with E-state index in [1.165, 1.54) is 5.56 Å². The van der Waals surface area contributed by atoms with Crippen molar-refractivity contribution in [1.82, 2.24) is 9.78 Å². The molecule has 0 fully saturated rings. The normalized spacial score (nSPS) is 11.1. The van der Waals surface area contributed by atoms with E-state index in [1.807, 2.05) is 61.9 Å². The van der Waals surface area contributed by atoms with Crippen molar-refractivity contribution in [2.24, 2.45) is 10.7 Å². The molecule has 0 spiro atoms. The molecule has 172 valence electrons. The number of ether oxygens (including phenoxy) is 2. The number of rotatable bonds is 9. The molecule has 0 amide bonds. The number of aliphatic imine (C=N–C) groups is 1. The quantitative estimate of drug-likeness (QED) is 0.226. The number of nitrogens with two attached hydrogens (primary N) is 1. The second-order valence-electron chi connectivity index (χ2n) is 7.14. The molecule has 1 heterocycles. The average Bonchev–Trinajstić information content (AvgIpc) is 3.02. The molecule has 32 heavy (non-hydrogen) atoms. The monoisotopic (exact) mass is 549 g/mol. The molecule has 0 unspecified atom stereocenters. The lowest BCUT2D eigenvalue weighted by Gasteiger charge is -2.14. The molecule has 3 aromatic rings. The van der Waals surface area contributed by atoms with Crippen LogP contribution in [0.3, 0.4) is 0 Å². The third-order valence-electron chi connectivity index (χ3n) is 4.94. The van der Waals surface area contributed by atoms with E-state index in [1.54, 1.807) is 0 Å². The van der Waals surface area contributed by atoms with E-state index >= 15 is 0 Å². The Kier molecular flexibility index (Phi) is 9.83. The maximum atomic E-state index is 6.19. The molecule has 3 N–H and O–H groups in total. The summed E-state index contributed by atoms with van der Waals surface area (Å²) in [5.41, 5.74) is 11.2. The number of hydrogen-bond acceptors (Lipinski definition) is 4. The predicted molar refractivity (Wildman–Crippen MR) is 140 cm³/mol. The molecule has 8 heteroatoms. The lowest BCUT2D eigenvalue weighted by Crippen LogP contribution is -2.23. The number of nitrogens with zero attached hydrogens (tertiary/aromatic N) is 3. The topological polar surface area (TPSA) is 86.7 Å². The van der Waals surface area contributed by atoms with Gasteiger partial charge in [-0.15, -0.1) is 24.0 Å². The zero-order valence-corrected chi connectivity index (χ0v) is 21.4. The van der Waals surface area contributed by atoms with Crippen LogP contribution >= 0.6 is 24.0 Å². The molecule has 2 aromatic carbocycles. The first kappa shape index (κ1) is 25.5. The van der Waals surface area contributed by atoms with Gasteiger partial charge in [-0.2, -0.15) is 5.10 Å². The number of guanidine groups is 1. The predicted octanol–water partition coefficient (Wildman–Crippen LogP) is 4.89. The summed E-state index contributed by atoms with van der Waals surface area (Å²) in [6, 6.07) is 15.9. The van der Waals surface area contributed by atoms with Crippen molar-refractivity contribution in [2.45, 2.75) is 40.8 Å². The molecule has 0 radical (unpaired) electrons. The van der Waals surface area contributed by atoms with E-state index in [4.69, 9.17) is 15.2 Å². The third kappa shape index (κ3) is 6.62. The van der Waals surface area contributed by atoms with E-state index in [0.29, 0.717) is 31.5 Å². The Labute approximate surface area is 207 Å². The second-order valence-corrected chi connectivity index (χ2v) is 7.14. The summed E-state index contributed by atoms with van der Waals surface area (Å²) >= 11 is 0. The third-order valence-corrected chi connectivity index (χ3v) is 4.94. The zero-order valence-electron chi connectivity index (χ0n) is 19.1. The fraction of sp³-hybridized carbons (Fsp3) is 0.333. The lowest BCUT2D eigenvalue weighted by molar-refractivity contribution is 0.332. The molecular formula is C24H32IN5O2. The Morgan fingerprint density at radius 1 is 1.06 bits per heavy atom. The highest BCUT2D eigenvalue weighted by Crippen LogP contribution is 2.29. The van der Waals surface area contributed by atoms with Crippen LogP contribution in [-0.4, -0.2) is 29.0 Å². The zero-order chi connectivity index (χ0) is 22.2. The summed E-state index contributed by atoms with van der Waals surface area (Å²) in [6.45, 7) is 10.3. The smallest absolute Gasteiger partial charge is 0.193 e. The lowest BCUT2D eigenvalue weighted by atomic mass is 10.2. The van der Waals surface area contributed by atoms with Gasteiger partial charge in [0.1, 0.15) is 11.5 Å². The highest BCUT2D eigenvalue weighted by atomic mass is 127. The minimum atomic E-state index is 0. The average molecular weight is 549 g/mol. The number of aryl methyl sites for hydroxylation is 1. The Balaban J connectivity index is 0.00000363. The first-order valence-electron chi connectivity index (χ1n) is 10.5. The summed E-state index contributed by atoms with van der Waals surface area (Å²) in [4.78, 5) is 4.54. The van der Waals surface area contributed by atoms with Crippen LogP contribution in [0.5, 0.6) is 11.5 Å². The van der Waals surface area contributed by atoms with Gasteiger partial charge in [0.15, 0.2) is 5.96 Å². The van der Waals surface area contributed by atoms with E-state index in [0.717, 1.165) is 34.9 Å². The van der Waals surface area contributed by atoms with Crippen molar-refractivity contribution in [3.05, 3.63) is 71.0 Å². The Morgan fingerprint density at radius 2 is 1.78 bits per heavy atom. The van der Waals surface area contributed by atoms with E-state index in [9.17, 15) is 0 Å². The Hall–Kier alpha value is -2.75. The Morgan fingerprint density at radius 3 is 2.47 bits per heavy atom. The van der Waals surface area contributed by atoms with Crippen molar-refractivity contribution >= 4 is 35.6 Å². The van der Waals surface area contributed by atoms with Crippen molar-refractivity contribution in [1.29, 1.82) is 0 Å². The minimum absolute atomic E-state index is 0. The van der Waals surface area contributed by atoms with Crippen molar-refractivity contribution in [3.8, 4) is 11.5 Å². The van der Waals surface area contributed by atoms with Crippen LogP contribution in [0.15, 0.2) is 53.5 Å². The highest BCUT2D eigenvalue weighted by molar-refractivity contribution is 14.0. The van der Waals surface area contributed by atoms with E-state index in [2.05, 4.69) is 34.5 Å². The molecular weight excluding hydrogens is 517 g/mol. The van der Waals surface area contributed by atoms with Crippen LogP contribution in [0.4, 0.5) is 5.69 Å². The SMILES string of the molecule is CCOc1ccc(OCC)c(NC(N)=NCc2c(C)nn(Cc3ccccc3)c2C)c1.I. The van der Waals surface area contributed by atoms with Crippen LogP contribution in [-0.2, 0) is 13.1 Å². The molecule has 7 nitrogen and oxygen atoms in total. The summed E-state index contributed by atoms with van der Waals surface area (Å²) in [5, 5.41) is 7.83. The van der Waals surface area contributed by atoms with Gasteiger partial charge >= 0.3 is 0 Å². The van der Waals surface area contributed by atoms with Crippen LogP contribution in [0, 0.1) is 13.8 Å². The number of aromatic nitrogens is 2. The molecule has 0 saturated carbocycles. The summed E-state index contributed by atoms with van der Waals surface area (Å²) in [5.74, 6) is 1.76. The van der Waals surface area contributed by atoms with Crippen molar-refractivity contribution < 1.29 is 9.47 Å². The van der Waals surface area contributed by atoms with Crippen LogP contribution in [0.2, 0.25) is 0 Å². The summed E-state index contributed by atoms with van der Waals surface area (Å²) in [6.07, 6.45) is 0. The fourth-order valence-electron chi connectivity index (χ4n) is 3.36. The maximum absolute atomic E-state index is 6.19. The number of anilines is 1. The van der Waals surface area contributed by atoms with Gasteiger partial charge in [0.25, 0.3) is 0 Å². The molecule has 0 atom stereocenters. The molecule has 0 aliphatic heterocycles. The van der Waals surface area contributed by atoms with Gasteiger partial charge in [0.2, 0.25) is 0 Å². The van der Waals surface area contributed by atoms with Gasteiger partial charge in [-0.05, 0) is 45.4 Å². The van der Waals surface area contributed by atoms with Gasteiger partial charge in [-0.25, -0.2) is 4.99 Å². The Bertz CT molecular complexity index is 1030. The maximum Gasteiger partial charge on any atom is 0.193 e. The highest BCUT2D eigenvalue weighted by Gasteiger charge is 2.12. The van der Waals surface area contributed by atoms with E-state index < -0.39 is 0 Å². The minimum Gasteiger partial charge on any atom is -0.494 e. The number of halogens is 1. The van der Waals surface area contributed by atoms with Crippen LogP contribution in [0.1, 0.15) is 36.4 Å². The van der Waals surface area contributed by atoms with Crippen LogP contribution < -0.4 is 20.5 Å². The van der Waals surface area contributed by atoms with Gasteiger partial charge in [-0.3, -0.25) is 4.68 Å². The van der Waals surface area contributed by atoms with Crippen molar-refractivity contribution in [2.75, 3.05) is 18.5 Å². The number of nitrogens with one attached hydrogen (secondary N) is 1. The molecule has 0 bridgehead atoms. The first-order valence-corrected chi connectivity index (χ1v) is 10.5. The largest absolute Gasteiger partial charge is 0.494 e. The molecule has 0 aliphatic carbocycles. The molecule has 0 saturated heterocycles. The van der Waals surface area contributed by atoms with Gasteiger partial charge in [0.05, 0.1) is 37.7 Å². The molecule has 3 rings (SSSR count). The first-order chi connectivity index (χ1) is 15.0. The molecule has 1 aromatic heterocycles. The van der Waals surface area contributed by atoms with E-state index in [-0.39, 0.29) is 24.0 Å². The van der Waals surface area contributed by atoms with Gasteiger partial charge < -0.3 is 20.5 Å². The summed E-state index contributed by atoms with van der Waals surface area (Å²) < 4.78 is 13.3.